The lowest BCUT2D eigenvalue weighted by atomic mass is 10.1. The number of esters is 1. The fourth-order valence-electron chi connectivity index (χ4n) is 1.73. The Balaban J connectivity index is 2.65. The van der Waals surface area contributed by atoms with Gasteiger partial charge in [-0.15, -0.1) is 0 Å². The van der Waals surface area contributed by atoms with Crippen LogP contribution in [-0.2, 0) is 4.74 Å². The number of aryl methyl sites for hydroxylation is 1. The largest absolute Gasteiger partial charge is 0.490 e. The van der Waals surface area contributed by atoms with Crippen molar-refractivity contribution < 1.29 is 14.3 Å². The van der Waals surface area contributed by atoms with Gasteiger partial charge in [-0.25, -0.2) is 4.79 Å². The second-order valence-corrected chi connectivity index (χ2v) is 4.65. The van der Waals surface area contributed by atoms with E-state index in [4.69, 9.17) is 9.47 Å². The van der Waals surface area contributed by atoms with E-state index in [9.17, 15) is 4.79 Å². The zero-order valence-corrected chi connectivity index (χ0v) is 13.1. The van der Waals surface area contributed by atoms with Crippen molar-refractivity contribution in [3.63, 3.8) is 0 Å². The summed E-state index contributed by atoms with van der Waals surface area (Å²) in [6.45, 7) is 6.81. The van der Waals surface area contributed by atoms with Gasteiger partial charge in [-0.3, -0.25) is 0 Å². The third-order valence-electron chi connectivity index (χ3n) is 2.89. The van der Waals surface area contributed by atoms with Crippen LogP contribution in [0, 0.1) is 6.92 Å². The molecule has 1 rings (SSSR count). The number of ether oxygens (including phenoxy) is 2. The van der Waals surface area contributed by atoms with Gasteiger partial charge in [0.05, 0.1) is 5.56 Å². The Morgan fingerprint density at radius 1 is 1.05 bits per heavy atom. The van der Waals surface area contributed by atoms with Crippen molar-refractivity contribution in [1.82, 2.24) is 0 Å². The Morgan fingerprint density at radius 2 is 1.71 bits per heavy atom. The molecule has 0 spiro atoms. The standard InChI is InChI=1S/C18H24O3/c1-4-6-8-12-20-16-11-10-15(3)17(14-16)18(19)21-13-9-7-5-2/h6-11,14H,4-5,12-13H2,1-3H3/b8-6-,9-7-. The molecule has 0 amide bonds. The fraction of sp³-hybridized carbons (Fsp3) is 0.389. The van der Waals surface area contributed by atoms with Gasteiger partial charge in [-0.05, 0) is 37.5 Å². The molecule has 0 aliphatic carbocycles. The van der Waals surface area contributed by atoms with Crippen molar-refractivity contribution in [1.29, 1.82) is 0 Å². The second kappa shape index (κ2) is 9.81. The van der Waals surface area contributed by atoms with Crippen molar-refractivity contribution >= 4 is 5.97 Å². The summed E-state index contributed by atoms with van der Waals surface area (Å²) < 4.78 is 10.8. The van der Waals surface area contributed by atoms with E-state index in [1.54, 1.807) is 6.07 Å². The van der Waals surface area contributed by atoms with Crippen LogP contribution in [0.3, 0.4) is 0 Å². The number of hydrogen-bond acceptors (Lipinski definition) is 3. The fourth-order valence-corrected chi connectivity index (χ4v) is 1.73. The summed E-state index contributed by atoms with van der Waals surface area (Å²) in [7, 11) is 0. The lowest BCUT2D eigenvalue weighted by molar-refractivity contribution is 0.0548. The van der Waals surface area contributed by atoms with E-state index in [0.29, 0.717) is 24.5 Å². The van der Waals surface area contributed by atoms with Crippen LogP contribution < -0.4 is 4.74 Å². The molecule has 3 heteroatoms. The maximum absolute atomic E-state index is 12.0. The summed E-state index contributed by atoms with van der Waals surface area (Å²) in [6.07, 6.45) is 9.75. The summed E-state index contributed by atoms with van der Waals surface area (Å²) in [5.41, 5.74) is 1.44. The number of carbonyl (C=O) groups excluding carboxylic acids is 1. The van der Waals surface area contributed by atoms with Crippen LogP contribution in [0.1, 0.15) is 42.6 Å². The van der Waals surface area contributed by atoms with Crippen LogP contribution in [0.2, 0.25) is 0 Å². The lowest BCUT2D eigenvalue weighted by Gasteiger charge is -2.09. The normalized spacial score (nSPS) is 11.2. The highest BCUT2D eigenvalue weighted by Gasteiger charge is 2.11. The summed E-state index contributed by atoms with van der Waals surface area (Å²) in [5.74, 6) is 0.361. The monoisotopic (exact) mass is 288 g/mol. The third-order valence-corrected chi connectivity index (χ3v) is 2.89. The van der Waals surface area contributed by atoms with E-state index in [2.05, 4.69) is 6.92 Å². The van der Waals surface area contributed by atoms with Gasteiger partial charge in [0.15, 0.2) is 0 Å². The van der Waals surface area contributed by atoms with Gasteiger partial charge in [0.2, 0.25) is 0 Å². The first-order chi connectivity index (χ1) is 10.2. The topological polar surface area (TPSA) is 35.5 Å². The van der Waals surface area contributed by atoms with Crippen molar-refractivity contribution in [2.24, 2.45) is 0 Å². The second-order valence-electron chi connectivity index (χ2n) is 4.65. The van der Waals surface area contributed by atoms with Gasteiger partial charge in [0.25, 0.3) is 0 Å². The number of allylic oxidation sites excluding steroid dienone is 2. The Hall–Kier alpha value is -2.03. The Morgan fingerprint density at radius 3 is 2.38 bits per heavy atom. The van der Waals surface area contributed by atoms with E-state index in [1.807, 2.05) is 50.3 Å². The van der Waals surface area contributed by atoms with Gasteiger partial charge in [0.1, 0.15) is 19.0 Å². The van der Waals surface area contributed by atoms with Crippen LogP contribution in [0.5, 0.6) is 5.75 Å². The first kappa shape index (κ1) is 17.0. The van der Waals surface area contributed by atoms with Crippen LogP contribution in [0.15, 0.2) is 42.5 Å². The van der Waals surface area contributed by atoms with E-state index in [0.717, 1.165) is 18.4 Å². The van der Waals surface area contributed by atoms with Crippen molar-refractivity contribution in [2.75, 3.05) is 13.2 Å². The average Bonchev–Trinajstić information content (AvgIpc) is 2.49. The molecule has 3 nitrogen and oxygen atoms in total. The predicted molar refractivity (Wildman–Crippen MR) is 85.8 cm³/mol. The SMILES string of the molecule is CC/C=C\COC(=O)c1cc(OC/C=C\CC)ccc1C. The molecule has 0 atom stereocenters. The molecule has 0 saturated heterocycles. The minimum absolute atomic E-state index is 0.302. The zero-order chi connectivity index (χ0) is 15.5. The van der Waals surface area contributed by atoms with Crippen molar-refractivity contribution in [2.45, 2.75) is 33.6 Å². The van der Waals surface area contributed by atoms with Crippen LogP contribution >= 0.6 is 0 Å². The van der Waals surface area contributed by atoms with E-state index < -0.39 is 0 Å². The predicted octanol–water partition coefficient (Wildman–Crippen LogP) is 4.46. The molecule has 21 heavy (non-hydrogen) atoms. The van der Waals surface area contributed by atoms with Gasteiger partial charge < -0.3 is 9.47 Å². The zero-order valence-electron chi connectivity index (χ0n) is 13.1. The highest BCUT2D eigenvalue weighted by Crippen LogP contribution is 2.18. The smallest absolute Gasteiger partial charge is 0.338 e. The summed E-state index contributed by atoms with van der Waals surface area (Å²) in [4.78, 5) is 12.0. The molecule has 0 bridgehead atoms. The summed E-state index contributed by atoms with van der Waals surface area (Å²) in [5, 5.41) is 0. The minimum Gasteiger partial charge on any atom is -0.490 e. The summed E-state index contributed by atoms with van der Waals surface area (Å²) in [6, 6.07) is 5.47. The molecule has 0 N–H and O–H groups in total. The minimum atomic E-state index is -0.317. The molecule has 1 aromatic carbocycles. The van der Waals surface area contributed by atoms with Gasteiger partial charge in [-0.2, -0.15) is 0 Å². The number of hydrogen-bond donors (Lipinski definition) is 0. The molecular weight excluding hydrogens is 264 g/mol. The molecule has 0 aromatic heterocycles. The first-order valence-corrected chi connectivity index (χ1v) is 7.39. The maximum Gasteiger partial charge on any atom is 0.338 e. The van der Waals surface area contributed by atoms with Crippen LogP contribution in [-0.4, -0.2) is 19.2 Å². The van der Waals surface area contributed by atoms with Crippen molar-refractivity contribution in [3.05, 3.63) is 53.6 Å². The van der Waals surface area contributed by atoms with Gasteiger partial charge >= 0.3 is 5.97 Å². The maximum atomic E-state index is 12.0. The lowest BCUT2D eigenvalue weighted by Crippen LogP contribution is -2.07. The molecule has 0 heterocycles. The quantitative estimate of drug-likeness (QED) is 0.523. The Kier molecular flexibility index (Phi) is 7.95. The molecular formula is C18H24O3. The molecule has 0 aliphatic rings. The first-order valence-electron chi connectivity index (χ1n) is 7.39. The van der Waals surface area contributed by atoms with E-state index in [1.165, 1.54) is 0 Å². The molecule has 0 saturated carbocycles. The molecule has 0 radical (unpaired) electrons. The van der Waals surface area contributed by atoms with E-state index in [-0.39, 0.29) is 5.97 Å². The molecule has 114 valence electrons. The van der Waals surface area contributed by atoms with Crippen molar-refractivity contribution in [3.8, 4) is 5.75 Å². The highest BCUT2D eigenvalue weighted by atomic mass is 16.5. The van der Waals surface area contributed by atoms with E-state index >= 15 is 0 Å². The molecule has 0 aliphatic heterocycles. The van der Waals surface area contributed by atoms with Gasteiger partial charge in [-0.1, -0.05) is 44.2 Å². The third kappa shape index (κ3) is 6.30. The van der Waals surface area contributed by atoms with Gasteiger partial charge in [0, 0.05) is 0 Å². The van der Waals surface area contributed by atoms with Crippen LogP contribution in [0.25, 0.3) is 0 Å². The van der Waals surface area contributed by atoms with Crippen LogP contribution in [0.4, 0.5) is 0 Å². The Labute approximate surface area is 127 Å². The highest BCUT2D eigenvalue weighted by molar-refractivity contribution is 5.91. The number of benzene rings is 1. The number of rotatable bonds is 8. The Bertz CT molecular complexity index is 501. The average molecular weight is 288 g/mol. The molecule has 0 unspecified atom stereocenters. The molecule has 0 fully saturated rings. The number of carbonyl (C=O) groups is 1. The molecule has 1 aromatic rings. The summed E-state index contributed by atoms with van der Waals surface area (Å²) >= 11 is 0.